The number of non-ortho nitro benzene ring substituents is 1. The molecule has 3 aromatic rings. The fraction of sp³-hybridized carbons (Fsp3) is 0.118. The van der Waals surface area contributed by atoms with Gasteiger partial charge in [0, 0.05) is 35.9 Å². The van der Waals surface area contributed by atoms with Gasteiger partial charge in [-0.3, -0.25) is 14.9 Å². The maximum absolute atomic E-state index is 12.5. The molecule has 1 N–H and O–H groups in total. The molecule has 0 saturated heterocycles. The van der Waals surface area contributed by atoms with Gasteiger partial charge in [0.1, 0.15) is 5.58 Å². The number of amides is 1. The van der Waals surface area contributed by atoms with Crippen molar-refractivity contribution in [1.82, 2.24) is 0 Å². The van der Waals surface area contributed by atoms with Crippen LogP contribution in [-0.2, 0) is 11.3 Å². The molecule has 0 spiro atoms. The zero-order chi connectivity index (χ0) is 17.1. The number of anilines is 1. The van der Waals surface area contributed by atoms with Gasteiger partial charge < -0.3 is 14.5 Å². The first-order chi connectivity index (χ1) is 11.6. The summed E-state index contributed by atoms with van der Waals surface area (Å²) < 4.78 is 10.8. The Kier molecular flexibility index (Phi) is 4.26. The van der Waals surface area contributed by atoms with Crippen LogP contribution in [0.15, 0.2) is 52.9 Å². The summed E-state index contributed by atoms with van der Waals surface area (Å²) in [6.07, 6.45) is 0. The molecule has 0 aliphatic heterocycles. The number of furan rings is 1. The van der Waals surface area contributed by atoms with Gasteiger partial charge in [0.15, 0.2) is 5.76 Å². The third-order valence-corrected chi connectivity index (χ3v) is 3.53. The number of nitrogens with zero attached hydrogens (tertiary/aromatic N) is 1. The molecule has 24 heavy (non-hydrogen) atoms. The number of hydrogen-bond donors (Lipinski definition) is 1. The molecular formula is C17H14N2O5. The van der Waals surface area contributed by atoms with Gasteiger partial charge in [-0.25, -0.2) is 0 Å². The van der Waals surface area contributed by atoms with E-state index in [1.807, 2.05) is 18.2 Å². The van der Waals surface area contributed by atoms with E-state index < -0.39 is 10.8 Å². The second-order valence-electron chi connectivity index (χ2n) is 5.10. The fourth-order valence-corrected chi connectivity index (χ4v) is 2.42. The zero-order valence-corrected chi connectivity index (χ0v) is 12.8. The van der Waals surface area contributed by atoms with Gasteiger partial charge in [0.2, 0.25) is 0 Å². The summed E-state index contributed by atoms with van der Waals surface area (Å²) in [7, 11) is 1.54. The van der Waals surface area contributed by atoms with Crippen molar-refractivity contribution in [3.63, 3.8) is 0 Å². The first-order valence-corrected chi connectivity index (χ1v) is 7.15. The first kappa shape index (κ1) is 15.7. The number of para-hydroxylation sites is 1. The lowest BCUT2D eigenvalue weighted by Gasteiger charge is -2.05. The number of carbonyl (C=O) groups excluding carboxylic acids is 1. The molecule has 3 rings (SSSR count). The summed E-state index contributed by atoms with van der Waals surface area (Å²) in [6, 6.07) is 12.9. The van der Waals surface area contributed by atoms with E-state index in [0.717, 1.165) is 5.39 Å². The quantitative estimate of drug-likeness (QED) is 0.569. The van der Waals surface area contributed by atoms with Crippen molar-refractivity contribution in [2.45, 2.75) is 6.61 Å². The molecule has 0 saturated carbocycles. The molecule has 122 valence electrons. The van der Waals surface area contributed by atoms with Crippen LogP contribution in [0.2, 0.25) is 0 Å². The van der Waals surface area contributed by atoms with E-state index in [0.29, 0.717) is 16.8 Å². The maximum atomic E-state index is 12.5. The third-order valence-electron chi connectivity index (χ3n) is 3.53. The van der Waals surface area contributed by atoms with Gasteiger partial charge in [-0.2, -0.15) is 0 Å². The molecule has 0 atom stereocenters. The molecule has 2 aromatic carbocycles. The van der Waals surface area contributed by atoms with Crippen molar-refractivity contribution >= 4 is 28.3 Å². The van der Waals surface area contributed by atoms with Crippen LogP contribution in [0.3, 0.4) is 0 Å². The number of nitro groups is 1. The van der Waals surface area contributed by atoms with E-state index >= 15 is 0 Å². The van der Waals surface area contributed by atoms with Gasteiger partial charge in [0.05, 0.1) is 11.5 Å². The number of hydrogen-bond acceptors (Lipinski definition) is 5. The molecule has 1 aromatic heterocycles. The molecule has 0 aliphatic carbocycles. The molecular weight excluding hydrogens is 312 g/mol. The van der Waals surface area contributed by atoms with Crippen LogP contribution in [0.4, 0.5) is 11.4 Å². The van der Waals surface area contributed by atoms with Gasteiger partial charge in [0.25, 0.3) is 11.6 Å². The van der Waals surface area contributed by atoms with E-state index in [1.54, 1.807) is 13.2 Å². The van der Waals surface area contributed by atoms with Crippen LogP contribution in [-0.4, -0.2) is 17.9 Å². The summed E-state index contributed by atoms with van der Waals surface area (Å²) in [5, 5.41) is 14.1. The first-order valence-electron chi connectivity index (χ1n) is 7.15. The SMILES string of the molecule is COCc1c(C(=O)Nc2ccc([N+](=O)[O-])cc2)oc2ccccc12. The number of fused-ring (bicyclic) bond motifs is 1. The minimum Gasteiger partial charge on any atom is -0.451 e. The van der Waals surface area contributed by atoms with Crippen molar-refractivity contribution in [3.8, 4) is 0 Å². The van der Waals surface area contributed by atoms with Gasteiger partial charge in [-0.15, -0.1) is 0 Å². The van der Waals surface area contributed by atoms with Crippen LogP contribution < -0.4 is 5.32 Å². The molecule has 0 fully saturated rings. The van der Waals surface area contributed by atoms with Gasteiger partial charge in [-0.1, -0.05) is 18.2 Å². The second kappa shape index (κ2) is 6.51. The largest absolute Gasteiger partial charge is 0.451 e. The number of methoxy groups -OCH3 is 1. The van der Waals surface area contributed by atoms with E-state index in [9.17, 15) is 14.9 Å². The van der Waals surface area contributed by atoms with Crippen molar-refractivity contribution in [3.05, 3.63) is 70.0 Å². The van der Waals surface area contributed by atoms with Crippen LogP contribution in [0.25, 0.3) is 11.0 Å². The lowest BCUT2D eigenvalue weighted by molar-refractivity contribution is -0.384. The predicted octanol–water partition coefficient (Wildman–Crippen LogP) is 3.74. The van der Waals surface area contributed by atoms with Gasteiger partial charge >= 0.3 is 0 Å². The zero-order valence-electron chi connectivity index (χ0n) is 12.8. The highest BCUT2D eigenvalue weighted by molar-refractivity contribution is 6.06. The maximum Gasteiger partial charge on any atom is 0.291 e. The average Bonchev–Trinajstić information content (AvgIpc) is 2.95. The minimum absolute atomic E-state index is 0.0446. The van der Waals surface area contributed by atoms with E-state index in [1.165, 1.54) is 24.3 Å². The Bertz CT molecular complexity index is 899. The Hall–Kier alpha value is -3.19. The highest BCUT2D eigenvalue weighted by atomic mass is 16.6. The molecule has 0 radical (unpaired) electrons. The third kappa shape index (κ3) is 2.97. The molecule has 0 aliphatic rings. The number of nitrogens with one attached hydrogen (secondary N) is 1. The molecule has 0 bridgehead atoms. The van der Waals surface area contributed by atoms with Crippen LogP contribution in [0, 0.1) is 10.1 Å². The van der Waals surface area contributed by atoms with Crippen molar-refractivity contribution in [2.24, 2.45) is 0 Å². The Morgan fingerprint density at radius 1 is 1.21 bits per heavy atom. The Balaban J connectivity index is 1.90. The highest BCUT2D eigenvalue weighted by Gasteiger charge is 2.20. The predicted molar refractivity (Wildman–Crippen MR) is 88.0 cm³/mol. The molecule has 7 nitrogen and oxygen atoms in total. The minimum atomic E-state index is -0.498. The summed E-state index contributed by atoms with van der Waals surface area (Å²) in [5.74, 6) is -0.275. The summed E-state index contributed by atoms with van der Waals surface area (Å²) in [6.45, 7) is 0.236. The average molecular weight is 326 g/mol. The van der Waals surface area contributed by atoms with E-state index in [2.05, 4.69) is 5.32 Å². The second-order valence-corrected chi connectivity index (χ2v) is 5.10. The van der Waals surface area contributed by atoms with Crippen LogP contribution >= 0.6 is 0 Å². The molecule has 1 amide bonds. The molecule has 7 heteroatoms. The fourth-order valence-electron chi connectivity index (χ4n) is 2.42. The number of carbonyl (C=O) groups is 1. The molecule has 1 heterocycles. The standard InChI is InChI=1S/C17H14N2O5/c1-23-10-14-13-4-2-3-5-15(13)24-16(14)17(20)18-11-6-8-12(9-7-11)19(21)22/h2-9H,10H2,1H3,(H,18,20). The number of benzene rings is 2. The normalized spacial score (nSPS) is 10.7. The Morgan fingerprint density at radius 2 is 1.92 bits per heavy atom. The topological polar surface area (TPSA) is 94.6 Å². The van der Waals surface area contributed by atoms with Crippen LogP contribution in [0.1, 0.15) is 16.1 Å². The van der Waals surface area contributed by atoms with E-state index in [-0.39, 0.29) is 18.1 Å². The lowest BCUT2D eigenvalue weighted by Crippen LogP contribution is -2.13. The van der Waals surface area contributed by atoms with E-state index in [4.69, 9.17) is 9.15 Å². The molecule has 0 unspecified atom stereocenters. The smallest absolute Gasteiger partial charge is 0.291 e. The van der Waals surface area contributed by atoms with Crippen molar-refractivity contribution < 1.29 is 18.9 Å². The van der Waals surface area contributed by atoms with Crippen LogP contribution in [0.5, 0.6) is 0 Å². The highest BCUT2D eigenvalue weighted by Crippen LogP contribution is 2.27. The lowest BCUT2D eigenvalue weighted by atomic mass is 10.1. The van der Waals surface area contributed by atoms with Gasteiger partial charge in [-0.05, 0) is 18.2 Å². The Labute approximate surface area is 137 Å². The monoisotopic (exact) mass is 326 g/mol. The van der Waals surface area contributed by atoms with Crippen molar-refractivity contribution in [2.75, 3.05) is 12.4 Å². The summed E-state index contributed by atoms with van der Waals surface area (Å²) >= 11 is 0. The number of rotatable bonds is 5. The Morgan fingerprint density at radius 3 is 2.58 bits per heavy atom. The van der Waals surface area contributed by atoms with Crippen molar-refractivity contribution in [1.29, 1.82) is 0 Å². The summed E-state index contributed by atoms with van der Waals surface area (Å²) in [5.41, 5.74) is 1.65. The number of ether oxygens (including phenoxy) is 1. The summed E-state index contributed by atoms with van der Waals surface area (Å²) in [4.78, 5) is 22.7. The number of nitro benzene ring substituents is 1.